The lowest BCUT2D eigenvalue weighted by molar-refractivity contribution is 0.262. The summed E-state index contributed by atoms with van der Waals surface area (Å²) in [5.74, 6) is 0. The zero-order valence-electron chi connectivity index (χ0n) is 10.4. The molecule has 3 nitrogen and oxygen atoms in total. The Kier molecular flexibility index (Phi) is 4.76. The molecule has 0 aliphatic carbocycles. The molecule has 0 bridgehead atoms. The minimum absolute atomic E-state index is 0.279. The molecular weight excluding hydrogens is 276 g/mol. The van der Waals surface area contributed by atoms with Crippen molar-refractivity contribution >= 4 is 41.8 Å². The lowest BCUT2D eigenvalue weighted by atomic mass is 10.3. The Morgan fingerprint density at radius 1 is 1.05 bits per heavy atom. The van der Waals surface area contributed by atoms with E-state index < -0.39 is 0 Å². The summed E-state index contributed by atoms with van der Waals surface area (Å²) < 4.78 is 0. The van der Waals surface area contributed by atoms with E-state index in [1.54, 1.807) is 17.8 Å². The molecule has 2 aromatic rings. The van der Waals surface area contributed by atoms with Gasteiger partial charge >= 0.3 is 6.03 Å². The standard InChI is InChI=1S/C14H14N2OS2/c1-19-11-8-6-10(7-9-11)15-14(17)16-12-4-2-3-5-13(12)18/h2-9,18H,1H3,(H2,15,16,17). The molecule has 0 radical (unpaired) electrons. The normalized spacial score (nSPS) is 10.0. The maximum atomic E-state index is 11.8. The number of carbonyl (C=O) groups is 1. The number of thiol groups is 1. The average Bonchev–Trinajstić information content (AvgIpc) is 2.42. The van der Waals surface area contributed by atoms with Crippen molar-refractivity contribution in [2.75, 3.05) is 16.9 Å². The quantitative estimate of drug-likeness (QED) is 0.581. The van der Waals surface area contributed by atoms with Gasteiger partial charge in [-0.25, -0.2) is 4.79 Å². The number of hydrogen-bond donors (Lipinski definition) is 3. The number of hydrogen-bond acceptors (Lipinski definition) is 3. The van der Waals surface area contributed by atoms with E-state index in [9.17, 15) is 4.79 Å². The number of rotatable bonds is 3. The Morgan fingerprint density at radius 3 is 2.37 bits per heavy atom. The van der Waals surface area contributed by atoms with Crippen molar-refractivity contribution in [1.29, 1.82) is 0 Å². The van der Waals surface area contributed by atoms with Gasteiger partial charge in [0.1, 0.15) is 0 Å². The summed E-state index contributed by atoms with van der Waals surface area (Å²) in [5.41, 5.74) is 1.44. The predicted molar refractivity (Wildman–Crippen MR) is 84.6 cm³/mol. The predicted octanol–water partition coefficient (Wildman–Crippen LogP) is 4.34. The van der Waals surface area contributed by atoms with Gasteiger partial charge in [0.25, 0.3) is 0 Å². The van der Waals surface area contributed by atoms with E-state index in [1.165, 1.54) is 0 Å². The number of nitrogens with one attached hydrogen (secondary N) is 2. The van der Waals surface area contributed by atoms with Crippen LogP contribution < -0.4 is 10.6 Å². The highest BCUT2D eigenvalue weighted by Gasteiger charge is 2.04. The van der Waals surface area contributed by atoms with Crippen LogP contribution in [0, 0.1) is 0 Å². The Balaban J connectivity index is 1.99. The molecular formula is C14H14N2OS2. The van der Waals surface area contributed by atoms with Gasteiger partial charge in [0.2, 0.25) is 0 Å². The molecule has 0 atom stereocenters. The van der Waals surface area contributed by atoms with Crippen molar-refractivity contribution in [2.45, 2.75) is 9.79 Å². The van der Waals surface area contributed by atoms with Gasteiger partial charge in [-0.05, 0) is 42.7 Å². The summed E-state index contributed by atoms with van der Waals surface area (Å²) in [6.45, 7) is 0. The van der Waals surface area contributed by atoms with E-state index in [0.29, 0.717) is 5.69 Å². The van der Waals surface area contributed by atoms with Crippen LogP contribution in [-0.4, -0.2) is 12.3 Å². The van der Waals surface area contributed by atoms with Gasteiger partial charge in [0.05, 0.1) is 5.69 Å². The van der Waals surface area contributed by atoms with E-state index in [4.69, 9.17) is 0 Å². The first-order chi connectivity index (χ1) is 9.19. The third-order valence-corrected chi connectivity index (χ3v) is 3.63. The van der Waals surface area contributed by atoms with Crippen LogP contribution in [-0.2, 0) is 0 Å². The van der Waals surface area contributed by atoms with Crippen molar-refractivity contribution in [3.05, 3.63) is 48.5 Å². The molecule has 0 aliphatic heterocycles. The van der Waals surface area contributed by atoms with Gasteiger partial charge in [-0.15, -0.1) is 24.4 Å². The summed E-state index contributed by atoms with van der Waals surface area (Å²) in [6.07, 6.45) is 2.01. The first kappa shape index (κ1) is 13.8. The van der Waals surface area contributed by atoms with Crippen LogP contribution in [0.2, 0.25) is 0 Å². The maximum Gasteiger partial charge on any atom is 0.323 e. The minimum Gasteiger partial charge on any atom is -0.308 e. The number of anilines is 2. The lowest BCUT2D eigenvalue weighted by Gasteiger charge is -2.09. The van der Waals surface area contributed by atoms with Gasteiger partial charge in [-0.1, -0.05) is 12.1 Å². The maximum absolute atomic E-state index is 11.8. The monoisotopic (exact) mass is 290 g/mol. The number of urea groups is 1. The number of thioether (sulfide) groups is 1. The molecule has 5 heteroatoms. The van der Waals surface area contributed by atoms with Crippen LogP contribution in [0.4, 0.5) is 16.2 Å². The van der Waals surface area contributed by atoms with E-state index in [1.807, 2.05) is 48.7 Å². The van der Waals surface area contributed by atoms with Crippen LogP contribution >= 0.6 is 24.4 Å². The van der Waals surface area contributed by atoms with Crippen LogP contribution in [0.25, 0.3) is 0 Å². The second-order valence-corrected chi connectivity index (χ2v) is 5.19. The van der Waals surface area contributed by atoms with Crippen molar-refractivity contribution in [2.24, 2.45) is 0 Å². The Hall–Kier alpha value is -1.59. The zero-order chi connectivity index (χ0) is 13.7. The molecule has 0 aromatic heterocycles. The van der Waals surface area contributed by atoms with Crippen molar-refractivity contribution < 1.29 is 4.79 Å². The highest BCUT2D eigenvalue weighted by Crippen LogP contribution is 2.20. The highest BCUT2D eigenvalue weighted by molar-refractivity contribution is 7.98. The second-order valence-electron chi connectivity index (χ2n) is 3.82. The Bertz CT molecular complexity index is 570. The van der Waals surface area contributed by atoms with Crippen LogP contribution in [0.15, 0.2) is 58.3 Å². The molecule has 0 aliphatic rings. The van der Waals surface area contributed by atoms with Gasteiger partial charge in [-0.3, -0.25) is 0 Å². The number of benzene rings is 2. The van der Waals surface area contributed by atoms with E-state index in [2.05, 4.69) is 23.3 Å². The third-order valence-electron chi connectivity index (χ3n) is 2.50. The Labute approximate surface area is 122 Å². The molecule has 2 rings (SSSR count). The van der Waals surface area contributed by atoms with Gasteiger partial charge in [0.15, 0.2) is 0 Å². The van der Waals surface area contributed by atoms with Gasteiger partial charge in [-0.2, -0.15) is 0 Å². The summed E-state index contributed by atoms with van der Waals surface area (Å²) in [5, 5.41) is 5.53. The SMILES string of the molecule is CSc1ccc(NC(=O)Nc2ccccc2S)cc1. The number of carbonyl (C=O) groups excluding carboxylic acids is 1. The summed E-state index contributed by atoms with van der Waals surface area (Å²) in [6, 6.07) is 14.7. The molecule has 0 spiro atoms. The molecule has 98 valence electrons. The molecule has 0 unspecified atom stereocenters. The summed E-state index contributed by atoms with van der Waals surface area (Å²) >= 11 is 5.94. The van der Waals surface area contributed by atoms with Crippen LogP contribution in [0.5, 0.6) is 0 Å². The first-order valence-electron chi connectivity index (χ1n) is 5.69. The van der Waals surface area contributed by atoms with Crippen LogP contribution in [0.1, 0.15) is 0 Å². The average molecular weight is 290 g/mol. The fraction of sp³-hybridized carbons (Fsp3) is 0.0714. The zero-order valence-corrected chi connectivity index (χ0v) is 12.1. The molecule has 19 heavy (non-hydrogen) atoms. The number of para-hydroxylation sites is 1. The van der Waals surface area contributed by atoms with Crippen molar-refractivity contribution in [3.63, 3.8) is 0 Å². The van der Waals surface area contributed by atoms with E-state index in [0.717, 1.165) is 15.5 Å². The molecule has 2 aromatic carbocycles. The molecule has 2 N–H and O–H groups in total. The molecule has 0 saturated heterocycles. The van der Waals surface area contributed by atoms with E-state index >= 15 is 0 Å². The largest absolute Gasteiger partial charge is 0.323 e. The molecule has 0 fully saturated rings. The van der Waals surface area contributed by atoms with Gasteiger partial charge in [0, 0.05) is 15.5 Å². The van der Waals surface area contributed by atoms with Gasteiger partial charge < -0.3 is 10.6 Å². The first-order valence-corrected chi connectivity index (χ1v) is 7.36. The van der Waals surface area contributed by atoms with Crippen molar-refractivity contribution in [3.8, 4) is 0 Å². The highest BCUT2D eigenvalue weighted by atomic mass is 32.2. The summed E-state index contributed by atoms with van der Waals surface area (Å²) in [4.78, 5) is 13.7. The third kappa shape index (κ3) is 3.94. The van der Waals surface area contributed by atoms with Crippen molar-refractivity contribution in [1.82, 2.24) is 0 Å². The fourth-order valence-electron chi connectivity index (χ4n) is 1.54. The fourth-order valence-corrected chi connectivity index (χ4v) is 2.16. The molecule has 0 saturated carbocycles. The molecule has 2 amide bonds. The van der Waals surface area contributed by atoms with Crippen LogP contribution in [0.3, 0.4) is 0 Å². The molecule has 0 heterocycles. The lowest BCUT2D eigenvalue weighted by Crippen LogP contribution is -2.19. The smallest absolute Gasteiger partial charge is 0.308 e. The number of amides is 2. The second kappa shape index (κ2) is 6.54. The minimum atomic E-state index is -0.279. The van der Waals surface area contributed by atoms with E-state index in [-0.39, 0.29) is 6.03 Å². The Morgan fingerprint density at radius 2 is 1.74 bits per heavy atom. The summed E-state index contributed by atoms with van der Waals surface area (Å²) in [7, 11) is 0. The topological polar surface area (TPSA) is 41.1 Å².